The molecule has 0 aliphatic rings. The Morgan fingerprint density at radius 3 is 0.713 bits per heavy atom. The summed E-state index contributed by atoms with van der Waals surface area (Å²) in [6.45, 7) is 0. The monoisotopic (exact) mass is 1100 g/mol. The molecule has 0 spiro atoms. The highest BCUT2D eigenvalue weighted by molar-refractivity contribution is 6.18. The van der Waals surface area contributed by atoms with Gasteiger partial charge in [-0.1, -0.05) is 182 Å². The van der Waals surface area contributed by atoms with Crippen molar-refractivity contribution < 1.29 is 0 Å². The number of hydrogen-bond donors (Lipinski definition) is 0. The number of nitrogens with zero attached hydrogens (tertiary/aromatic N) is 6. The maximum atomic E-state index is 5.25. The molecule has 0 radical (unpaired) electrons. The van der Waals surface area contributed by atoms with Gasteiger partial charge in [0.15, 0.2) is 0 Å². The summed E-state index contributed by atoms with van der Waals surface area (Å²) in [6.07, 6.45) is 0. The zero-order chi connectivity index (χ0) is 56.8. The third kappa shape index (κ3) is 7.07. The van der Waals surface area contributed by atoms with Crippen molar-refractivity contribution in [2.24, 2.45) is 0 Å². The third-order valence-corrected chi connectivity index (χ3v) is 18.3. The van der Waals surface area contributed by atoms with Crippen LogP contribution in [0.1, 0.15) is 0 Å². The molecule has 13 aromatic carbocycles. The van der Waals surface area contributed by atoms with Crippen molar-refractivity contribution in [3.63, 3.8) is 0 Å². The maximum absolute atomic E-state index is 5.25. The second-order valence-corrected chi connectivity index (χ2v) is 23.0. The Morgan fingerprint density at radius 1 is 0.172 bits per heavy atom. The van der Waals surface area contributed by atoms with Gasteiger partial charge in [-0.15, -0.1) is 0 Å². The summed E-state index contributed by atoms with van der Waals surface area (Å²) in [5, 5.41) is 10.5. The minimum atomic E-state index is 0.963. The van der Waals surface area contributed by atoms with Crippen LogP contribution in [0.3, 0.4) is 0 Å². The molecule has 6 heteroatoms. The first-order chi connectivity index (χ1) is 43.1. The molecule has 19 rings (SSSR count). The van der Waals surface area contributed by atoms with E-state index in [2.05, 4.69) is 304 Å². The molecule has 0 N–H and O–H groups in total. The van der Waals surface area contributed by atoms with Crippen LogP contribution in [-0.2, 0) is 0 Å². The standard InChI is InChI=1S/C81H48N6/c1-4-22-58(55(19-1)49-37-40-64-67(46-49)61-25-7-13-31-73(61)85-76-34-16-10-28-70(76)82-79(64)85)52-43-53(59-23-5-2-20-56(59)50-38-41-65-68(47-50)62-26-8-14-32-74(62)86-77-35-17-11-29-71(77)83-80(65)86)45-54(44-52)60-24-6-3-21-57(60)51-39-42-66-69(48-51)63-27-9-15-33-75(63)87-78-36-18-12-30-72(78)84-81(66)87/h1-48H. The smallest absolute Gasteiger partial charge is 0.146 e. The molecule has 0 bridgehead atoms. The highest BCUT2D eigenvalue weighted by Gasteiger charge is 2.22. The van der Waals surface area contributed by atoms with Gasteiger partial charge in [0, 0.05) is 32.3 Å². The van der Waals surface area contributed by atoms with Crippen LogP contribution in [0.5, 0.6) is 0 Å². The molecule has 0 saturated heterocycles. The third-order valence-electron chi connectivity index (χ3n) is 18.3. The van der Waals surface area contributed by atoms with Crippen molar-refractivity contribution in [2.75, 3.05) is 0 Å². The van der Waals surface area contributed by atoms with Crippen LogP contribution in [-0.4, -0.2) is 28.2 Å². The lowest BCUT2D eigenvalue weighted by Gasteiger charge is -2.19. The molecule has 0 atom stereocenters. The first kappa shape index (κ1) is 47.7. The summed E-state index contributed by atoms with van der Waals surface area (Å²) >= 11 is 0. The van der Waals surface area contributed by atoms with Gasteiger partial charge in [0.1, 0.15) is 16.9 Å². The molecule has 402 valence electrons. The predicted molar refractivity (Wildman–Crippen MR) is 363 cm³/mol. The molecular formula is C81H48N6. The zero-order valence-corrected chi connectivity index (χ0v) is 46.9. The van der Waals surface area contributed by atoms with Crippen LogP contribution in [0.15, 0.2) is 291 Å². The Labute approximate surface area is 498 Å². The maximum Gasteiger partial charge on any atom is 0.146 e. The molecule has 0 fully saturated rings. The second-order valence-electron chi connectivity index (χ2n) is 23.0. The number of aromatic nitrogens is 6. The number of fused-ring (bicyclic) bond motifs is 24. The van der Waals surface area contributed by atoms with E-state index in [1.807, 2.05) is 0 Å². The number of para-hydroxylation sites is 9. The van der Waals surface area contributed by atoms with Gasteiger partial charge in [0.05, 0.1) is 49.7 Å². The van der Waals surface area contributed by atoms with Crippen LogP contribution in [0.2, 0.25) is 0 Å². The molecule has 0 aliphatic heterocycles. The van der Waals surface area contributed by atoms with E-state index in [-0.39, 0.29) is 0 Å². The number of pyridine rings is 3. The molecule has 0 saturated carbocycles. The summed E-state index contributed by atoms with van der Waals surface area (Å²) < 4.78 is 6.97. The normalized spacial score (nSPS) is 12.1. The van der Waals surface area contributed by atoms with E-state index in [1.54, 1.807) is 0 Å². The predicted octanol–water partition coefficient (Wildman–Crippen LogP) is 21.0. The van der Waals surface area contributed by atoms with Gasteiger partial charge in [-0.25, -0.2) is 15.0 Å². The minimum absolute atomic E-state index is 0.963. The highest BCUT2D eigenvalue weighted by Crippen LogP contribution is 2.46. The van der Waals surface area contributed by atoms with Gasteiger partial charge < -0.3 is 0 Å². The molecule has 6 nitrogen and oxygen atoms in total. The average molecular weight is 1110 g/mol. The van der Waals surface area contributed by atoms with Crippen LogP contribution in [0.25, 0.3) is 182 Å². The van der Waals surface area contributed by atoms with Crippen molar-refractivity contribution in [3.8, 4) is 66.8 Å². The Morgan fingerprint density at radius 2 is 0.414 bits per heavy atom. The largest absolute Gasteiger partial charge is 0.292 e. The van der Waals surface area contributed by atoms with Gasteiger partial charge >= 0.3 is 0 Å². The molecule has 6 heterocycles. The van der Waals surface area contributed by atoms with Gasteiger partial charge in [0.25, 0.3) is 0 Å². The molecule has 0 unspecified atom stereocenters. The Hall–Kier alpha value is -11.7. The van der Waals surface area contributed by atoms with Crippen LogP contribution >= 0.6 is 0 Å². The van der Waals surface area contributed by atoms with Crippen LogP contribution < -0.4 is 0 Å². The summed E-state index contributed by atoms with van der Waals surface area (Å²) in [6, 6.07) is 107. The fraction of sp³-hybridized carbons (Fsp3) is 0. The van der Waals surface area contributed by atoms with Crippen molar-refractivity contribution in [3.05, 3.63) is 291 Å². The van der Waals surface area contributed by atoms with Crippen molar-refractivity contribution in [2.45, 2.75) is 0 Å². The van der Waals surface area contributed by atoms with Crippen molar-refractivity contribution in [1.29, 1.82) is 0 Å². The van der Waals surface area contributed by atoms with Crippen LogP contribution in [0, 0.1) is 0 Å². The fourth-order valence-electron chi connectivity index (χ4n) is 14.5. The highest BCUT2D eigenvalue weighted by atomic mass is 15.0. The number of hydrogen-bond acceptors (Lipinski definition) is 3. The van der Waals surface area contributed by atoms with E-state index >= 15 is 0 Å². The first-order valence-electron chi connectivity index (χ1n) is 29.7. The first-order valence-corrected chi connectivity index (χ1v) is 29.7. The van der Waals surface area contributed by atoms with E-state index < -0.39 is 0 Å². The van der Waals surface area contributed by atoms with E-state index in [1.165, 1.54) is 32.3 Å². The van der Waals surface area contributed by atoms with Gasteiger partial charge in [-0.3, -0.25) is 13.2 Å². The minimum Gasteiger partial charge on any atom is -0.292 e. The van der Waals surface area contributed by atoms with Crippen molar-refractivity contribution >= 4 is 115 Å². The summed E-state index contributed by atoms with van der Waals surface area (Å²) in [5.74, 6) is 0. The van der Waals surface area contributed by atoms with Crippen LogP contribution in [0.4, 0.5) is 0 Å². The summed E-state index contributed by atoms with van der Waals surface area (Å²) in [7, 11) is 0. The lowest BCUT2D eigenvalue weighted by Crippen LogP contribution is -1.94. The van der Waals surface area contributed by atoms with Gasteiger partial charge in [-0.2, -0.15) is 0 Å². The number of imidazole rings is 3. The van der Waals surface area contributed by atoms with E-state index in [9.17, 15) is 0 Å². The topological polar surface area (TPSA) is 51.9 Å². The number of rotatable bonds is 6. The SMILES string of the molecule is c1ccc(-c2ccc3c(c2)c2ccccc2n2c4ccccc4nc32)c(-c2cc(-c3ccccc3-c3ccc4c(c3)c3ccccc3n3c5ccccc5nc43)cc(-c3ccccc3-c3ccc4c(c3)c3ccccc3n3c5ccccc5nc43)c2)c1. The molecular weight excluding hydrogens is 1060 g/mol. The molecule has 0 aliphatic carbocycles. The zero-order valence-electron chi connectivity index (χ0n) is 46.9. The Bertz CT molecular complexity index is 5550. The summed E-state index contributed by atoms with van der Waals surface area (Å²) in [5.41, 5.74) is 26.3. The van der Waals surface area contributed by atoms with Crippen molar-refractivity contribution in [1.82, 2.24) is 28.2 Å². The van der Waals surface area contributed by atoms with E-state index in [0.29, 0.717) is 0 Å². The van der Waals surface area contributed by atoms with Gasteiger partial charge in [-0.05, 0) is 192 Å². The average Bonchev–Trinajstić information content (AvgIpc) is 2.26. The lowest BCUT2D eigenvalue weighted by atomic mass is 9.85. The van der Waals surface area contributed by atoms with E-state index in [0.717, 1.165) is 150 Å². The number of benzene rings is 13. The van der Waals surface area contributed by atoms with Gasteiger partial charge in [0.2, 0.25) is 0 Å². The Kier molecular flexibility index (Phi) is 10.1. The quantitative estimate of drug-likeness (QED) is 0.156. The lowest BCUT2D eigenvalue weighted by molar-refractivity contribution is 1.31. The molecule has 19 aromatic rings. The molecule has 87 heavy (non-hydrogen) atoms. The molecule has 6 aromatic heterocycles. The second kappa shape index (κ2) is 18.4. The van der Waals surface area contributed by atoms with E-state index in [4.69, 9.17) is 15.0 Å². The summed E-state index contributed by atoms with van der Waals surface area (Å²) in [4.78, 5) is 15.7. The molecule has 0 amide bonds. The Balaban J connectivity index is 0.831. The fourth-order valence-corrected chi connectivity index (χ4v) is 14.5.